The molecule has 0 fully saturated rings. The zero-order chi connectivity index (χ0) is 10.7. The molecule has 1 nitrogen and oxygen atoms in total. The van der Waals surface area contributed by atoms with E-state index in [0.717, 1.165) is 6.54 Å². The Hall–Kier alpha value is -0.820. The first kappa shape index (κ1) is 10.7. The molecule has 15 heavy (non-hydrogen) atoms. The molecule has 2 rings (SSSR count). The quantitative estimate of drug-likeness (QED) is 0.674. The first-order chi connectivity index (χ1) is 7.33. The van der Waals surface area contributed by atoms with E-state index < -0.39 is 0 Å². The molecule has 0 N–H and O–H groups in total. The molecule has 1 aliphatic heterocycles. The molecule has 1 aromatic rings. The number of fused-ring (bicyclic) bond motifs is 1. The summed E-state index contributed by atoms with van der Waals surface area (Å²) >= 11 is 0. The molecule has 0 aliphatic carbocycles. The molecule has 0 amide bonds. The van der Waals surface area contributed by atoms with Crippen molar-refractivity contribution in [3.8, 4) is 0 Å². The molecule has 1 heterocycles. The standard InChI is InChI=1S/C14H21N/c1-3-4-5-10-14-13-9-7-6-8-12(13)11-15(14)2/h6-9,14H,3-5,10-11H2,1-2H3/t14-/m1/s1. The van der Waals surface area contributed by atoms with Crippen LogP contribution in [0.3, 0.4) is 0 Å². The lowest BCUT2D eigenvalue weighted by atomic mass is 10.00. The van der Waals surface area contributed by atoms with Crippen molar-refractivity contribution in [1.82, 2.24) is 4.90 Å². The van der Waals surface area contributed by atoms with Crippen LogP contribution < -0.4 is 0 Å². The largest absolute Gasteiger partial charge is 0.295 e. The fourth-order valence-corrected chi connectivity index (χ4v) is 2.58. The van der Waals surface area contributed by atoms with Crippen LogP contribution in [-0.4, -0.2) is 11.9 Å². The maximum Gasteiger partial charge on any atom is 0.0351 e. The Morgan fingerprint density at radius 1 is 1.27 bits per heavy atom. The topological polar surface area (TPSA) is 3.24 Å². The molecule has 82 valence electrons. The minimum Gasteiger partial charge on any atom is -0.295 e. The van der Waals surface area contributed by atoms with E-state index in [1.54, 1.807) is 5.56 Å². The Labute approximate surface area is 93.1 Å². The highest BCUT2D eigenvalue weighted by Gasteiger charge is 2.25. The van der Waals surface area contributed by atoms with Crippen molar-refractivity contribution in [2.24, 2.45) is 0 Å². The molecule has 1 aliphatic rings. The molecule has 0 saturated heterocycles. The number of hydrogen-bond donors (Lipinski definition) is 0. The highest BCUT2D eigenvalue weighted by Crippen LogP contribution is 2.35. The Kier molecular flexibility index (Phi) is 3.42. The van der Waals surface area contributed by atoms with Crippen molar-refractivity contribution in [3.05, 3.63) is 35.4 Å². The van der Waals surface area contributed by atoms with Gasteiger partial charge in [-0.15, -0.1) is 0 Å². The molecular formula is C14H21N. The van der Waals surface area contributed by atoms with E-state index in [9.17, 15) is 0 Å². The highest BCUT2D eigenvalue weighted by molar-refractivity contribution is 5.33. The number of unbranched alkanes of at least 4 members (excludes halogenated alkanes) is 2. The van der Waals surface area contributed by atoms with Gasteiger partial charge in [0.25, 0.3) is 0 Å². The van der Waals surface area contributed by atoms with Gasteiger partial charge in [0.05, 0.1) is 0 Å². The lowest BCUT2D eigenvalue weighted by Crippen LogP contribution is -2.16. The molecule has 0 saturated carbocycles. The van der Waals surface area contributed by atoms with Crippen LogP contribution in [0.4, 0.5) is 0 Å². The van der Waals surface area contributed by atoms with Crippen LogP contribution in [0.15, 0.2) is 24.3 Å². The zero-order valence-corrected chi connectivity index (χ0v) is 9.87. The first-order valence-electron chi connectivity index (χ1n) is 6.11. The van der Waals surface area contributed by atoms with Gasteiger partial charge in [-0.05, 0) is 24.6 Å². The Morgan fingerprint density at radius 3 is 2.87 bits per heavy atom. The Morgan fingerprint density at radius 2 is 2.07 bits per heavy atom. The molecule has 0 bridgehead atoms. The third-order valence-corrected chi connectivity index (χ3v) is 3.45. The van der Waals surface area contributed by atoms with Crippen molar-refractivity contribution >= 4 is 0 Å². The van der Waals surface area contributed by atoms with E-state index in [-0.39, 0.29) is 0 Å². The number of benzene rings is 1. The summed E-state index contributed by atoms with van der Waals surface area (Å²) < 4.78 is 0. The molecule has 0 spiro atoms. The first-order valence-corrected chi connectivity index (χ1v) is 6.11. The van der Waals surface area contributed by atoms with Gasteiger partial charge in [0.15, 0.2) is 0 Å². The van der Waals surface area contributed by atoms with E-state index in [1.165, 1.54) is 31.2 Å². The summed E-state index contributed by atoms with van der Waals surface area (Å²) in [5.41, 5.74) is 3.10. The van der Waals surface area contributed by atoms with Gasteiger partial charge in [0.1, 0.15) is 0 Å². The predicted molar refractivity (Wildman–Crippen MR) is 64.8 cm³/mol. The molecule has 1 aromatic carbocycles. The van der Waals surface area contributed by atoms with Crippen LogP contribution in [0.5, 0.6) is 0 Å². The second kappa shape index (κ2) is 4.80. The summed E-state index contributed by atoms with van der Waals surface area (Å²) in [4.78, 5) is 2.49. The molecule has 0 radical (unpaired) electrons. The van der Waals surface area contributed by atoms with Crippen molar-refractivity contribution in [2.75, 3.05) is 7.05 Å². The van der Waals surface area contributed by atoms with E-state index in [1.807, 2.05) is 0 Å². The van der Waals surface area contributed by atoms with Gasteiger partial charge in [0.2, 0.25) is 0 Å². The van der Waals surface area contributed by atoms with E-state index >= 15 is 0 Å². The van der Waals surface area contributed by atoms with E-state index in [4.69, 9.17) is 0 Å². The summed E-state index contributed by atoms with van der Waals surface area (Å²) in [5.74, 6) is 0. The fourth-order valence-electron chi connectivity index (χ4n) is 2.58. The van der Waals surface area contributed by atoms with Crippen molar-refractivity contribution in [2.45, 2.75) is 45.2 Å². The van der Waals surface area contributed by atoms with E-state index in [2.05, 4.69) is 43.1 Å². The highest BCUT2D eigenvalue weighted by atomic mass is 15.1. The Balaban J connectivity index is 2.05. The maximum atomic E-state index is 2.49. The van der Waals surface area contributed by atoms with Gasteiger partial charge in [0, 0.05) is 12.6 Å². The molecule has 1 atom stereocenters. The average Bonchev–Trinajstić information content (AvgIpc) is 2.56. The van der Waals surface area contributed by atoms with Crippen LogP contribution in [0.25, 0.3) is 0 Å². The van der Waals surface area contributed by atoms with Gasteiger partial charge in [-0.1, -0.05) is 50.5 Å². The predicted octanol–water partition coefficient (Wildman–Crippen LogP) is 3.75. The van der Waals surface area contributed by atoms with Crippen molar-refractivity contribution in [3.63, 3.8) is 0 Å². The van der Waals surface area contributed by atoms with Crippen LogP contribution in [-0.2, 0) is 6.54 Å². The van der Waals surface area contributed by atoms with Crippen LogP contribution in [0.2, 0.25) is 0 Å². The SMILES string of the molecule is CCCCC[C@@H]1c2ccccc2CN1C. The van der Waals surface area contributed by atoms with Crippen LogP contribution >= 0.6 is 0 Å². The maximum absolute atomic E-state index is 2.49. The fraction of sp³-hybridized carbons (Fsp3) is 0.571. The van der Waals surface area contributed by atoms with Gasteiger partial charge in [-0.2, -0.15) is 0 Å². The second-order valence-corrected chi connectivity index (χ2v) is 4.63. The lowest BCUT2D eigenvalue weighted by Gasteiger charge is -2.20. The summed E-state index contributed by atoms with van der Waals surface area (Å²) in [6.45, 7) is 3.40. The normalized spacial score (nSPS) is 20.5. The summed E-state index contributed by atoms with van der Waals surface area (Å²) in [6, 6.07) is 9.57. The molecule has 0 unspecified atom stereocenters. The van der Waals surface area contributed by atoms with Gasteiger partial charge in [-0.3, -0.25) is 4.90 Å². The van der Waals surface area contributed by atoms with E-state index in [0.29, 0.717) is 6.04 Å². The van der Waals surface area contributed by atoms with Crippen molar-refractivity contribution in [1.29, 1.82) is 0 Å². The summed E-state index contributed by atoms with van der Waals surface area (Å²) in [7, 11) is 2.25. The smallest absolute Gasteiger partial charge is 0.0351 e. The minimum absolute atomic E-state index is 0.674. The summed E-state index contributed by atoms with van der Waals surface area (Å²) in [6.07, 6.45) is 5.37. The minimum atomic E-state index is 0.674. The molecular weight excluding hydrogens is 182 g/mol. The summed E-state index contributed by atoms with van der Waals surface area (Å²) in [5, 5.41) is 0. The Bertz CT molecular complexity index is 319. The van der Waals surface area contributed by atoms with Gasteiger partial charge in [-0.25, -0.2) is 0 Å². The van der Waals surface area contributed by atoms with Gasteiger partial charge >= 0.3 is 0 Å². The molecule has 0 aromatic heterocycles. The van der Waals surface area contributed by atoms with Gasteiger partial charge < -0.3 is 0 Å². The lowest BCUT2D eigenvalue weighted by molar-refractivity contribution is 0.250. The number of nitrogens with zero attached hydrogens (tertiary/aromatic N) is 1. The van der Waals surface area contributed by atoms with Crippen molar-refractivity contribution < 1.29 is 0 Å². The molecule has 1 heteroatoms. The monoisotopic (exact) mass is 203 g/mol. The van der Waals surface area contributed by atoms with Crippen LogP contribution in [0.1, 0.15) is 49.8 Å². The average molecular weight is 203 g/mol. The second-order valence-electron chi connectivity index (χ2n) is 4.63. The van der Waals surface area contributed by atoms with Crippen LogP contribution in [0, 0.1) is 0 Å². The number of rotatable bonds is 4. The number of hydrogen-bond acceptors (Lipinski definition) is 1. The zero-order valence-electron chi connectivity index (χ0n) is 9.87. The third-order valence-electron chi connectivity index (χ3n) is 3.45. The third kappa shape index (κ3) is 2.23.